The molecule has 92 valence electrons. The maximum Gasteiger partial charge on any atom is 0.197 e. The third-order valence-corrected chi connectivity index (χ3v) is 3.26. The SMILES string of the molecule is Cc1ccc(C(=O)c2ccc(N)cc2Br)c(F)c1. The fourth-order valence-corrected chi connectivity index (χ4v) is 2.24. The zero-order valence-electron chi connectivity index (χ0n) is 9.71. The molecule has 0 aliphatic carbocycles. The van der Waals surface area contributed by atoms with E-state index in [1.807, 2.05) is 0 Å². The van der Waals surface area contributed by atoms with Crippen LogP contribution in [0.4, 0.5) is 10.1 Å². The molecular weight excluding hydrogens is 297 g/mol. The van der Waals surface area contributed by atoms with E-state index < -0.39 is 5.82 Å². The number of hydrogen-bond acceptors (Lipinski definition) is 2. The van der Waals surface area contributed by atoms with Crippen molar-refractivity contribution in [1.82, 2.24) is 0 Å². The number of nitrogen functional groups attached to an aromatic ring is 1. The molecule has 2 rings (SSSR count). The molecule has 18 heavy (non-hydrogen) atoms. The molecule has 0 amide bonds. The molecule has 2 nitrogen and oxygen atoms in total. The molecule has 0 fully saturated rings. The standard InChI is InChI=1S/C14H11BrFNO/c1-8-2-4-11(13(16)6-8)14(18)10-5-3-9(17)7-12(10)15/h2-7H,17H2,1H3. The smallest absolute Gasteiger partial charge is 0.197 e. The van der Waals surface area contributed by atoms with Gasteiger partial charge in [0, 0.05) is 15.7 Å². The number of anilines is 1. The predicted molar refractivity (Wildman–Crippen MR) is 73.1 cm³/mol. The van der Waals surface area contributed by atoms with Gasteiger partial charge in [-0.25, -0.2) is 4.39 Å². The van der Waals surface area contributed by atoms with Crippen LogP contribution < -0.4 is 5.73 Å². The summed E-state index contributed by atoms with van der Waals surface area (Å²) in [6.45, 7) is 1.77. The minimum atomic E-state index is -0.510. The number of halogens is 2. The molecule has 0 spiro atoms. The lowest BCUT2D eigenvalue weighted by atomic mass is 10.0. The van der Waals surface area contributed by atoms with Crippen molar-refractivity contribution in [2.45, 2.75) is 6.92 Å². The Balaban J connectivity index is 2.48. The van der Waals surface area contributed by atoms with E-state index in [0.29, 0.717) is 15.7 Å². The number of hydrogen-bond donors (Lipinski definition) is 1. The zero-order chi connectivity index (χ0) is 13.3. The molecule has 0 radical (unpaired) electrons. The van der Waals surface area contributed by atoms with Crippen molar-refractivity contribution in [3.8, 4) is 0 Å². The third kappa shape index (κ3) is 2.43. The summed E-state index contributed by atoms with van der Waals surface area (Å²) in [5.41, 5.74) is 7.38. The molecular formula is C14H11BrFNO. The minimum absolute atomic E-state index is 0.0612. The Kier molecular flexibility index (Phi) is 3.48. The number of nitrogens with two attached hydrogens (primary N) is 1. The molecule has 2 aromatic carbocycles. The molecule has 2 N–H and O–H groups in total. The van der Waals surface area contributed by atoms with Crippen LogP contribution >= 0.6 is 15.9 Å². The number of carbonyl (C=O) groups excluding carboxylic acids is 1. The summed E-state index contributed by atoms with van der Waals surface area (Å²) in [7, 11) is 0. The second kappa shape index (κ2) is 4.90. The minimum Gasteiger partial charge on any atom is -0.399 e. The lowest BCUT2D eigenvalue weighted by Gasteiger charge is -2.06. The Morgan fingerprint density at radius 1 is 1.17 bits per heavy atom. The van der Waals surface area contributed by atoms with Crippen molar-refractivity contribution < 1.29 is 9.18 Å². The van der Waals surface area contributed by atoms with Crippen LogP contribution in [0.5, 0.6) is 0 Å². The highest BCUT2D eigenvalue weighted by Gasteiger charge is 2.16. The van der Waals surface area contributed by atoms with E-state index in [0.717, 1.165) is 5.56 Å². The van der Waals surface area contributed by atoms with Gasteiger partial charge in [-0.1, -0.05) is 6.07 Å². The fourth-order valence-electron chi connectivity index (χ4n) is 1.66. The fraction of sp³-hybridized carbons (Fsp3) is 0.0714. The van der Waals surface area contributed by atoms with Gasteiger partial charge in [0.2, 0.25) is 0 Å². The first-order chi connectivity index (χ1) is 8.49. The first kappa shape index (κ1) is 12.8. The van der Waals surface area contributed by atoms with E-state index in [4.69, 9.17) is 5.73 Å². The average molecular weight is 308 g/mol. The molecule has 4 heteroatoms. The van der Waals surface area contributed by atoms with Gasteiger partial charge in [0.05, 0.1) is 5.56 Å². The van der Waals surface area contributed by atoms with Crippen LogP contribution in [0, 0.1) is 12.7 Å². The van der Waals surface area contributed by atoms with E-state index in [-0.39, 0.29) is 11.3 Å². The number of rotatable bonds is 2. The predicted octanol–water partition coefficient (Wildman–Crippen LogP) is 3.71. The lowest BCUT2D eigenvalue weighted by Crippen LogP contribution is -2.05. The van der Waals surface area contributed by atoms with Crippen LogP contribution in [-0.4, -0.2) is 5.78 Å². The van der Waals surface area contributed by atoms with E-state index in [1.165, 1.54) is 12.1 Å². The molecule has 0 saturated heterocycles. The largest absolute Gasteiger partial charge is 0.399 e. The summed E-state index contributed by atoms with van der Waals surface area (Å²) in [6.07, 6.45) is 0. The normalized spacial score (nSPS) is 10.4. The lowest BCUT2D eigenvalue weighted by molar-refractivity contribution is 0.103. The van der Waals surface area contributed by atoms with Crippen molar-refractivity contribution in [3.05, 3.63) is 63.4 Å². The van der Waals surface area contributed by atoms with Gasteiger partial charge in [0.25, 0.3) is 0 Å². The Morgan fingerprint density at radius 3 is 2.44 bits per heavy atom. The highest BCUT2D eigenvalue weighted by Crippen LogP contribution is 2.24. The third-order valence-electron chi connectivity index (χ3n) is 2.61. The topological polar surface area (TPSA) is 43.1 Å². The number of benzene rings is 2. The van der Waals surface area contributed by atoms with Gasteiger partial charge in [0.1, 0.15) is 5.82 Å². The van der Waals surface area contributed by atoms with Gasteiger partial charge >= 0.3 is 0 Å². The van der Waals surface area contributed by atoms with Crippen molar-refractivity contribution in [3.63, 3.8) is 0 Å². The Bertz CT molecular complexity index is 572. The average Bonchev–Trinajstić information content (AvgIpc) is 2.28. The summed E-state index contributed by atoms with van der Waals surface area (Å²) in [5.74, 6) is -0.872. The van der Waals surface area contributed by atoms with Crippen LogP contribution in [0.15, 0.2) is 40.9 Å². The van der Waals surface area contributed by atoms with Gasteiger partial charge in [-0.3, -0.25) is 4.79 Å². The van der Waals surface area contributed by atoms with Crippen molar-refractivity contribution in [2.75, 3.05) is 5.73 Å². The quantitative estimate of drug-likeness (QED) is 0.679. The van der Waals surface area contributed by atoms with Crippen LogP contribution in [0.1, 0.15) is 21.5 Å². The number of carbonyl (C=O) groups is 1. The van der Waals surface area contributed by atoms with Gasteiger partial charge in [-0.15, -0.1) is 0 Å². The summed E-state index contributed by atoms with van der Waals surface area (Å²) in [6, 6.07) is 9.38. The molecule has 0 saturated carbocycles. The molecule has 0 heterocycles. The summed E-state index contributed by atoms with van der Waals surface area (Å²) < 4.78 is 14.3. The van der Waals surface area contributed by atoms with Crippen LogP contribution in [0.2, 0.25) is 0 Å². The molecule has 2 aromatic rings. The monoisotopic (exact) mass is 307 g/mol. The van der Waals surface area contributed by atoms with E-state index in [9.17, 15) is 9.18 Å². The Morgan fingerprint density at radius 2 is 1.83 bits per heavy atom. The highest BCUT2D eigenvalue weighted by atomic mass is 79.9. The van der Waals surface area contributed by atoms with Crippen molar-refractivity contribution >= 4 is 27.4 Å². The van der Waals surface area contributed by atoms with E-state index >= 15 is 0 Å². The van der Waals surface area contributed by atoms with Crippen LogP contribution in [-0.2, 0) is 0 Å². The number of aryl methyl sites for hydroxylation is 1. The highest BCUT2D eigenvalue weighted by molar-refractivity contribution is 9.10. The molecule has 0 atom stereocenters. The van der Waals surface area contributed by atoms with Gasteiger partial charge in [-0.05, 0) is 58.7 Å². The van der Waals surface area contributed by atoms with Gasteiger partial charge < -0.3 is 5.73 Å². The molecule has 0 aliphatic heterocycles. The van der Waals surface area contributed by atoms with E-state index in [1.54, 1.807) is 31.2 Å². The van der Waals surface area contributed by atoms with Crippen LogP contribution in [0.3, 0.4) is 0 Å². The molecule has 0 bridgehead atoms. The molecule has 0 unspecified atom stereocenters. The zero-order valence-corrected chi connectivity index (χ0v) is 11.3. The van der Waals surface area contributed by atoms with E-state index in [2.05, 4.69) is 15.9 Å². The molecule has 0 aliphatic rings. The maximum absolute atomic E-state index is 13.7. The Labute approximate surface area is 113 Å². The Hall–Kier alpha value is -1.68. The molecule has 0 aromatic heterocycles. The first-order valence-electron chi connectivity index (χ1n) is 5.35. The van der Waals surface area contributed by atoms with Crippen molar-refractivity contribution in [1.29, 1.82) is 0 Å². The van der Waals surface area contributed by atoms with Gasteiger partial charge in [-0.2, -0.15) is 0 Å². The summed E-state index contributed by atoms with van der Waals surface area (Å²) >= 11 is 3.26. The second-order valence-electron chi connectivity index (χ2n) is 4.05. The van der Waals surface area contributed by atoms with Crippen molar-refractivity contribution in [2.24, 2.45) is 0 Å². The first-order valence-corrected chi connectivity index (χ1v) is 6.14. The van der Waals surface area contributed by atoms with Gasteiger partial charge in [0.15, 0.2) is 5.78 Å². The summed E-state index contributed by atoms with van der Waals surface area (Å²) in [5, 5.41) is 0. The maximum atomic E-state index is 13.7. The number of ketones is 1. The van der Waals surface area contributed by atoms with Crippen LogP contribution in [0.25, 0.3) is 0 Å². The summed E-state index contributed by atoms with van der Waals surface area (Å²) in [4.78, 5) is 12.2. The second-order valence-corrected chi connectivity index (χ2v) is 4.91.